The number of fused-ring (bicyclic) bond motifs is 1. The van der Waals surface area contributed by atoms with E-state index in [4.69, 9.17) is 24.3 Å². The number of amides is 2. The Hall–Kier alpha value is -0.717. The van der Waals surface area contributed by atoms with Crippen LogP contribution in [0.5, 0.6) is 11.5 Å². The van der Waals surface area contributed by atoms with Gasteiger partial charge in [-0.05, 0) is 72.7 Å². The topological polar surface area (TPSA) is 138 Å². The number of rotatable bonds is 7. The number of para-hydroxylation sites is 1. The van der Waals surface area contributed by atoms with Crippen LogP contribution in [0.25, 0.3) is 0 Å². The average molecular weight is 658 g/mol. The molecule has 2 amide bonds. The van der Waals surface area contributed by atoms with Crippen LogP contribution in [-0.4, -0.2) is 50.4 Å². The Morgan fingerprint density at radius 1 is 1.00 bits per heavy atom. The summed E-state index contributed by atoms with van der Waals surface area (Å²) in [5.41, 5.74) is 2.84. The van der Waals surface area contributed by atoms with E-state index in [0.717, 1.165) is 22.7 Å². The van der Waals surface area contributed by atoms with Crippen LogP contribution in [0.4, 0.5) is 21.9 Å². The Balaban J connectivity index is -0.000000190. The average Bonchev–Trinajstić information content (AvgIpc) is 3.20. The predicted octanol–water partition coefficient (Wildman–Crippen LogP) is -0.317. The van der Waals surface area contributed by atoms with Gasteiger partial charge in [-0.3, -0.25) is 14.9 Å². The summed E-state index contributed by atoms with van der Waals surface area (Å²) in [6.07, 6.45) is -0.0499. The van der Waals surface area contributed by atoms with Gasteiger partial charge < -0.3 is 36.0 Å². The van der Waals surface area contributed by atoms with E-state index >= 15 is 0 Å². The van der Waals surface area contributed by atoms with Crippen LogP contribution in [0.3, 0.4) is 0 Å². The van der Waals surface area contributed by atoms with E-state index in [0.29, 0.717) is 17.9 Å². The maximum atomic E-state index is 11.9. The van der Waals surface area contributed by atoms with Crippen LogP contribution >= 0.6 is 0 Å². The second kappa shape index (κ2) is 24.5. The molecule has 0 atom stereocenters. The Morgan fingerprint density at radius 3 is 1.95 bits per heavy atom. The van der Waals surface area contributed by atoms with E-state index < -0.39 is 11.7 Å². The van der Waals surface area contributed by atoms with Gasteiger partial charge in [-0.2, -0.15) is 0 Å². The maximum absolute atomic E-state index is 11.9. The summed E-state index contributed by atoms with van der Waals surface area (Å²) in [7, 11) is 3.20. The zero-order valence-corrected chi connectivity index (χ0v) is 32.4. The fourth-order valence-electron chi connectivity index (χ4n) is 3.75. The van der Waals surface area contributed by atoms with Gasteiger partial charge >= 0.3 is 109 Å². The van der Waals surface area contributed by atoms with Crippen molar-refractivity contribution in [1.82, 2.24) is 0 Å². The van der Waals surface area contributed by atoms with Gasteiger partial charge in [0.1, 0.15) is 22.8 Å². The minimum absolute atomic E-state index is 0. The Morgan fingerprint density at radius 2 is 1.51 bits per heavy atom. The first kappa shape index (κ1) is 49.2. The number of nitrogens with one attached hydrogen (secondary N) is 2. The van der Waals surface area contributed by atoms with Gasteiger partial charge in [0.25, 0.3) is 6.47 Å². The van der Waals surface area contributed by atoms with Crippen LogP contribution in [0.1, 0.15) is 70.3 Å². The molecule has 0 radical (unpaired) electrons. The van der Waals surface area contributed by atoms with Crippen LogP contribution in [0.15, 0.2) is 36.4 Å². The van der Waals surface area contributed by atoms with E-state index in [-0.39, 0.29) is 144 Å². The zero-order valence-electron chi connectivity index (χ0n) is 27.1. The van der Waals surface area contributed by atoms with Crippen molar-refractivity contribution in [2.75, 3.05) is 29.8 Å². The van der Waals surface area contributed by atoms with Gasteiger partial charge in [-0.1, -0.05) is 27.0 Å². The monoisotopic (exact) mass is 657 g/mol. The molecule has 2 aromatic carbocycles. The molecular weight excluding hydrogens is 609 g/mol. The molecule has 2 aromatic rings. The molecule has 0 saturated heterocycles. The molecule has 13 heteroatoms. The van der Waals surface area contributed by atoms with Crippen molar-refractivity contribution in [3.05, 3.63) is 42.0 Å². The minimum Gasteiger partial charge on any atom is -1.00 e. The molecule has 0 fully saturated rings. The summed E-state index contributed by atoms with van der Waals surface area (Å²) in [6.45, 7) is 13.4. The van der Waals surface area contributed by atoms with E-state index in [1.54, 1.807) is 20.3 Å². The number of ether oxygens (including phenoxy) is 3. The molecule has 0 unspecified atom stereocenters. The first-order valence-electron chi connectivity index (χ1n) is 12.4. The molecule has 3 rings (SSSR count). The number of hydrogen-bond acceptors (Lipinski definition) is 9. The molecule has 1 aliphatic heterocycles. The fourth-order valence-corrected chi connectivity index (χ4v) is 3.75. The zero-order chi connectivity index (χ0) is 29.8. The first-order chi connectivity index (χ1) is 18.3. The van der Waals surface area contributed by atoms with Crippen LogP contribution in [0, 0.1) is 0 Å². The van der Waals surface area contributed by atoms with Crippen LogP contribution in [-0.2, 0) is 25.6 Å². The van der Waals surface area contributed by atoms with Crippen LogP contribution < -0.4 is 133 Å². The summed E-state index contributed by atoms with van der Waals surface area (Å²) in [6, 6.07) is 11.8. The molecule has 0 spiro atoms. The number of carbonyl (C=O) groups excluding carboxylic acids is 3. The van der Waals surface area contributed by atoms with E-state index in [1.165, 1.54) is 0 Å². The Labute approximate surface area is 344 Å². The third-order valence-corrected chi connectivity index (χ3v) is 5.06. The minimum atomic E-state index is -0.544. The summed E-state index contributed by atoms with van der Waals surface area (Å²) >= 11 is 0. The second-order valence-electron chi connectivity index (χ2n) is 9.99. The van der Waals surface area contributed by atoms with Crippen molar-refractivity contribution in [3.8, 4) is 11.5 Å². The summed E-state index contributed by atoms with van der Waals surface area (Å²) < 4.78 is 15.8. The predicted molar refractivity (Wildman–Crippen MR) is 163 cm³/mol. The van der Waals surface area contributed by atoms with Gasteiger partial charge in [-0.15, -0.1) is 0 Å². The molecule has 0 bridgehead atoms. The van der Waals surface area contributed by atoms with Crippen molar-refractivity contribution < 1.29 is 143 Å². The second-order valence-corrected chi connectivity index (χ2v) is 9.99. The number of benzene rings is 2. The molecule has 0 aliphatic carbocycles. The standard InChI is InChI=1S/C15H24N2O3.C12H15NO2.CH2O3.2CH4.2K.H/c1-10(2)16-11-8-7-9-12(19-6)13(11)17-14(18)20-15(3,4)5;1-8(2)13-10-5-4-6-11(15-3)9(10)7-12(13)14;2-1-4-3;;;;;/h7-10,16H,1-6H3,(H,17,18);4-6,8H,7H2,1-3H3;1,3H;2*1H4;;;/q;;;;;2*+1;-1/p-1. The molecule has 0 aromatic heterocycles. The maximum Gasteiger partial charge on any atom is 1.00 e. The normalized spacial score (nSPS) is 10.8. The fraction of sp³-hybridized carbons (Fsp3) is 0.500. The van der Waals surface area contributed by atoms with Crippen molar-refractivity contribution in [2.24, 2.45) is 0 Å². The summed E-state index contributed by atoms with van der Waals surface area (Å²) in [5, 5.41) is 14.4. The smallest absolute Gasteiger partial charge is 1.00 e. The number of carbonyl (C=O) groups is 3. The Bertz CT molecular complexity index is 1120. The van der Waals surface area contributed by atoms with Gasteiger partial charge in [0, 0.05) is 17.6 Å². The SMILES string of the molecule is C.C.COc1cccc(NC(C)C)c1NC(=O)OC(C)(C)C.COc1cccc2c1CC(=O)N2C(C)C.O=CO[O-].[H-].[K+].[K+]. The van der Waals surface area contributed by atoms with Crippen LogP contribution in [0.2, 0.25) is 0 Å². The number of methoxy groups -OCH3 is 2. The summed E-state index contributed by atoms with van der Waals surface area (Å²) in [4.78, 5) is 36.8. The van der Waals surface area contributed by atoms with Crippen molar-refractivity contribution in [3.63, 3.8) is 0 Å². The van der Waals surface area contributed by atoms with Gasteiger partial charge in [0.15, 0.2) is 0 Å². The number of nitrogens with zero attached hydrogens (tertiary/aromatic N) is 1. The van der Waals surface area contributed by atoms with Crippen molar-refractivity contribution in [1.29, 1.82) is 0 Å². The summed E-state index contributed by atoms with van der Waals surface area (Å²) in [5.74, 6) is 1.55. The third-order valence-electron chi connectivity index (χ3n) is 5.06. The van der Waals surface area contributed by atoms with Gasteiger partial charge in [0.2, 0.25) is 5.91 Å². The first-order valence-corrected chi connectivity index (χ1v) is 12.4. The number of hydrogen-bond donors (Lipinski definition) is 2. The van der Waals surface area contributed by atoms with Crippen molar-refractivity contribution >= 4 is 35.5 Å². The molecule has 2 N–H and O–H groups in total. The van der Waals surface area contributed by atoms with Gasteiger partial charge in [-0.25, -0.2) is 4.79 Å². The molecule has 234 valence electrons. The van der Waals surface area contributed by atoms with E-state index in [9.17, 15) is 9.59 Å². The molecule has 1 heterocycles. The third kappa shape index (κ3) is 17.0. The molecule has 0 saturated carbocycles. The molecular formula is C30H49K2N3O8. The van der Waals surface area contributed by atoms with Crippen molar-refractivity contribution in [2.45, 2.75) is 87.4 Å². The quantitative estimate of drug-likeness (QED) is 0.178. The van der Waals surface area contributed by atoms with E-state index in [1.807, 2.05) is 83.7 Å². The van der Waals surface area contributed by atoms with E-state index in [2.05, 4.69) is 15.5 Å². The molecule has 43 heavy (non-hydrogen) atoms. The van der Waals surface area contributed by atoms with Gasteiger partial charge in [0.05, 0.1) is 32.0 Å². The molecule has 11 nitrogen and oxygen atoms in total. The Kier molecular flexibility index (Phi) is 28.0. The largest absolute Gasteiger partial charge is 1.00 e. The molecule has 1 aliphatic rings. The number of anilines is 3.